The molecule has 0 bridgehead atoms. The van der Waals surface area contributed by atoms with Gasteiger partial charge in [-0.25, -0.2) is 0 Å². The zero-order valence-electron chi connectivity index (χ0n) is 12.8. The first-order chi connectivity index (χ1) is 9.97. The molecule has 0 aliphatic heterocycles. The second-order valence-electron chi connectivity index (χ2n) is 6.15. The Bertz CT molecular complexity index is 506. The minimum Gasteiger partial charge on any atom is -0.297 e. The van der Waals surface area contributed by atoms with Crippen LogP contribution in [0.4, 0.5) is 0 Å². The van der Waals surface area contributed by atoms with Crippen molar-refractivity contribution in [2.24, 2.45) is 0 Å². The zero-order chi connectivity index (χ0) is 15.5. The lowest BCUT2D eigenvalue weighted by Crippen LogP contribution is -2.51. The lowest BCUT2D eigenvalue weighted by atomic mass is 9.82. The van der Waals surface area contributed by atoms with Gasteiger partial charge in [0, 0.05) is 6.42 Å². The maximum atomic E-state index is 13.0. The highest BCUT2D eigenvalue weighted by Gasteiger charge is 2.40. The summed E-state index contributed by atoms with van der Waals surface area (Å²) < 4.78 is 0. The van der Waals surface area contributed by atoms with Gasteiger partial charge in [-0.3, -0.25) is 9.69 Å². The molecule has 0 aromatic heterocycles. The number of benzene rings is 1. The monoisotopic (exact) mass is 327 g/mol. The normalized spacial score (nSPS) is 18.5. The van der Waals surface area contributed by atoms with Crippen LogP contribution in [0.15, 0.2) is 18.2 Å². The quantitative estimate of drug-likeness (QED) is 0.743. The molecule has 1 aromatic rings. The molecule has 0 saturated heterocycles. The number of hydrogen-bond acceptors (Lipinski definition) is 2. The number of nitrogens with zero attached hydrogens (tertiary/aromatic N) is 1. The van der Waals surface area contributed by atoms with Gasteiger partial charge < -0.3 is 0 Å². The van der Waals surface area contributed by atoms with Gasteiger partial charge in [-0.15, -0.1) is 0 Å². The highest BCUT2D eigenvalue weighted by atomic mass is 35.5. The van der Waals surface area contributed by atoms with Crippen molar-refractivity contribution in [3.8, 4) is 0 Å². The first-order valence-corrected chi connectivity index (χ1v) is 8.36. The number of ketones is 1. The Hall–Kier alpha value is -0.570. The summed E-state index contributed by atoms with van der Waals surface area (Å²) in [4.78, 5) is 15.1. The maximum Gasteiger partial charge on any atom is 0.157 e. The van der Waals surface area contributed by atoms with Gasteiger partial charge in [0.1, 0.15) is 0 Å². The number of Topliss-reactive ketones (excluding diaryl/α,β-unsaturated/α-hetero) is 1. The van der Waals surface area contributed by atoms with E-state index < -0.39 is 0 Å². The third kappa shape index (κ3) is 3.61. The van der Waals surface area contributed by atoms with Gasteiger partial charge in [-0.2, -0.15) is 0 Å². The molecule has 116 valence electrons. The van der Waals surface area contributed by atoms with Crippen molar-refractivity contribution in [1.82, 2.24) is 4.90 Å². The van der Waals surface area contributed by atoms with Gasteiger partial charge in [0.25, 0.3) is 0 Å². The van der Waals surface area contributed by atoms with Crippen molar-refractivity contribution >= 4 is 29.0 Å². The number of rotatable bonds is 4. The van der Waals surface area contributed by atoms with Gasteiger partial charge in [-0.05, 0) is 38.6 Å². The molecule has 0 radical (unpaired) electrons. The fourth-order valence-electron chi connectivity index (χ4n) is 3.31. The van der Waals surface area contributed by atoms with Crippen molar-refractivity contribution in [2.75, 3.05) is 14.1 Å². The summed E-state index contributed by atoms with van der Waals surface area (Å²) >= 11 is 12.3. The van der Waals surface area contributed by atoms with Gasteiger partial charge >= 0.3 is 0 Å². The molecule has 0 unspecified atom stereocenters. The van der Waals surface area contributed by atoms with E-state index in [4.69, 9.17) is 23.2 Å². The van der Waals surface area contributed by atoms with E-state index in [0.717, 1.165) is 31.2 Å². The van der Waals surface area contributed by atoms with E-state index >= 15 is 0 Å². The molecule has 2 rings (SSSR count). The predicted octanol–water partition coefficient (Wildman–Crippen LogP) is 4.76. The van der Waals surface area contributed by atoms with Crippen LogP contribution in [-0.4, -0.2) is 30.3 Å². The number of carbonyl (C=O) groups is 1. The Morgan fingerprint density at radius 2 is 1.76 bits per heavy atom. The molecule has 2 nitrogen and oxygen atoms in total. The smallest absolute Gasteiger partial charge is 0.157 e. The minimum absolute atomic E-state index is 0.263. The van der Waals surface area contributed by atoms with Gasteiger partial charge in [0.15, 0.2) is 5.78 Å². The number of carbonyl (C=O) groups excluding carboxylic acids is 1. The Balaban J connectivity index is 2.25. The van der Waals surface area contributed by atoms with Crippen LogP contribution in [0.1, 0.15) is 44.1 Å². The Morgan fingerprint density at radius 1 is 1.14 bits per heavy atom. The zero-order valence-corrected chi connectivity index (χ0v) is 14.3. The van der Waals surface area contributed by atoms with Gasteiger partial charge in [0.05, 0.1) is 15.6 Å². The fourth-order valence-corrected chi connectivity index (χ4v) is 3.70. The molecule has 0 amide bonds. The number of halogens is 2. The molecule has 1 aliphatic carbocycles. The summed E-state index contributed by atoms with van der Waals surface area (Å²) in [6, 6.07) is 5.50. The molecule has 1 saturated carbocycles. The first-order valence-electron chi connectivity index (χ1n) is 7.61. The molecule has 0 atom stereocenters. The molecule has 1 aromatic carbocycles. The average Bonchev–Trinajstić information content (AvgIpc) is 2.70. The van der Waals surface area contributed by atoms with E-state index in [-0.39, 0.29) is 11.3 Å². The second kappa shape index (κ2) is 7.13. The summed E-state index contributed by atoms with van der Waals surface area (Å²) in [6.45, 7) is 0. The molecular weight excluding hydrogens is 305 g/mol. The summed E-state index contributed by atoms with van der Waals surface area (Å²) in [7, 11) is 4.03. The summed E-state index contributed by atoms with van der Waals surface area (Å²) in [6.07, 6.45) is 6.92. The SMILES string of the molecule is CN(C)C1(C(=O)Cc2cccc(Cl)c2Cl)CCCCCC1. The van der Waals surface area contributed by atoms with Gasteiger partial charge in [0.2, 0.25) is 0 Å². The molecule has 1 aliphatic rings. The van der Waals surface area contributed by atoms with Crippen LogP contribution in [0.3, 0.4) is 0 Å². The standard InChI is InChI=1S/C17H23Cl2NO/c1-20(2)17(10-5-3-4-6-11-17)15(21)12-13-8-7-9-14(18)16(13)19/h7-9H,3-6,10-12H2,1-2H3. The summed E-state index contributed by atoms with van der Waals surface area (Å²) in [5, 5.41) is 1.02. The third-order valence-corrected chi connectivity index (χ3v) is 5.55. The van der Waals surface area contributed by atoms with Crippen LogP contribution >= 0.6 is 23.2 Å². The lowest BCUT2D eigenvalue weighted by molar-refractivity contribution is -0.130. The van der Waals surface area contributed by atoms with Crippen LogP contribution in [0.25, 0.3) is 0 Å². The van der Waals surface area contributed by atoms with E-state index in [2.05, 4.69) is 4.90 Å². The van der Waals surface area contributed by atoms with Crippen LogP contribution in [-0.2, 0) is 11.2 Å². The molecule has 0 spiro atoms. The summed E-state index contributed by atoms with van der Waals surface area (Å²) in [5.74, 6) is 0.263. The Kier molecular flexibility index (Phi) is 5.70. The van der Waals surface area contributed by atoms with Crippen LogP contribution < -0.4 is 0 Å². The first kappa shape index (κ1) is 16.8. The predicted molar refractivity (Wildman–Crippen MR) is 89.3 cm³/mol. The average molecular weight is 328 g/mol. The fraction of sp³-hybridized carbons (Fsp3) is 0.588. The maximum absolute atomic E-state index is 13.0. The van der Waals surface area contributed by atoms with Crippen molar-refractivity contribution < 1.29 is 4.79 Å². The van der Waals surface area contributed by atoms with Gasteiger partial charge in [-0.1, -0.05) is 61.0 Å². The van der Waals surface area contributed by atoms with E-state index in [1.54, 1.807) is 6.07 Å². The summed E-state index contributed by atoms with van der Waals surface area (Å²) in [5.41, 5.74) is 0.488. The Morgan fingerprint density at radius 3 is 2.33 bits per heavy atom. The lowest BCUT2D eigenvalue weighted by Gasteiger charge is -2.38. The van der Waals surface area contributed by atoms with Crippen LogP contribution in [0, 0.1) is 0 Å². The van der Waals surface area contributed by atoms with E-state index in [1.165, 1.54) is 12.8 Å². The largest absolute Gasteiger partial charge is 0.297 e. The van der Waals surface area contributed by atoms with Crippen LogP contribution in [0.5, 0.6) is 0 Å². The Labute approximate surface area is 137 Å². The van der Waals surface area contributed by atoms with E-state index in [9.17, 15) is 4.79 Å². The van der Waals surface area contributed by atoms with Crippen molar-refractivity contribution in [2.45, 2.75) is 50.5 Å². The van der Waals surface area contributed by atoms with Crippen molar-refractivity contribution in [3.05, 3.63) is 33.8 Å². The molecule has 0 heterocycles. The molecule has 4 heteroatoms. The molecular formula is C17H23Cl2NO. The van der Waals surface area contributed by atoms with E-state index in [1.807, 2.05) is 26.2 Å². The highest BCUT2D eigenvalue weighted by molar-refractivity contribution is 6.42. The minimum atomic E-state index is -0.345. The molecule has 0 N–H and O–H groups in total. The van der Waals surface area contributed by atoms with Crippen molar-refractivity contribution in [3.63, 3.8) is 0 Å². The third-order valence-electron chi connectivity index (χ3n) is 4.69. The number of likely N-dealkylation sites (N-methyl/N-ethyl adjacent to an activating group) is 1. The number of hydrogen-bond donors (Lipinski definition) is 0. The second-order valence-corrected chi connectivity index (χ2v) is 6.94. The van der Waals surface area contributed by atoms with Crippen LogP contribution in [0.2, 0.25) is 10.0 Å². The highest BCUT2D eigenvalue weighted by Crippen LogP contribution is 2.34. The molecule has 1 fully saturated rings. The topological polar surface area (TPSA) is 20.3 Å². The van der Waals surface area contributed by atoms with Crippen molar-refractivity contribution in [1.29, 1.82) is 0 Å². The molecule has 21 heavy (non-hydrogen) atoms. The van der Waals surface area contributed by atoms with E-state index in [0.29, 0.717) is 16.5 Å².